The van der Waals surface area contributed by atoms with Crippen molar-refractivity contribution >= 4 is 16.9 Å². The van der Waals surface area contributed by atoms with Crippen LogP contribution in [0.4, 0.5) is 0 Å². The van der Waals surface area contributed by atoms with Gasteiger partial charge in [0, 0.05) is 23.1 Å². The van der Waals surface area contributed by atoms with Gasteiger partial charge in [0.1, 0.15) is 0 Å². The highest BCUT2D eigenvalue weighted by Gasteiger charge is 2.24. The van der Waals surface area contributed by atoms with E-state index in [1.165, 1.54) is 46.1 Å². The molecule has 152 valence electrons. The van der Waals surface area contributed by atoms with Gasteiger partial charge < -0.3 is 9.30 Å². The minimum Gasteiger partial charge on any atom is -0.466 e. The summed E-state index contributed by atoms with van der Waals surface area (Å²) in [5.41, 5.74) is 6.41. The average molecular weight is 390 g/mol. The Morgan fingerprint density at radius 1 is 1.10 bits per heavy atom. The molecule has 4 rings (SSSR count). The molecule has 0 radical (unpaired) electrons. The molecule has 1 aromatic heterocycles. The van der Waals surface area contributed by atoms with E-state index in [9.17, 15) is 4.79 Å². The molecule has 0 aliphatic heterocycles. The van der Waals surface area contributed by atoms with Gasteiger partial charge in [0.15, 0.2) is 0 Å². The molecule has 0 spiro atoms. The lowest BCUT2D eigenvalue weighted by molar-refractivity contribution is -0.143. The molecule has 0 amide bonds. The molecule has 2 aromatic carbocycles. The number of carbonyl (C=O) groups is 1. The van der Waals surface area contributed by atoms with E-state index in [2.05, 4.69) is 73.9 Å². The molecule has 1 aliphatic carbocycles. The summed E-state index contributed by atoms with van der Waals surface area (Å²) >= 11 is 0. The molecule has 0 bridgehead atoms. The smallest absolute Gasteiger partial charge is 0.307 e. The fourth-order valence-corrected chi connectivity index (χ4v) is 4.02. The zero-order valence-electron chi connectivity index (χ0n) is 18.0. The molecule has 0 unspecified atom stereocenters. The molecule has 1 fully saturated rings. The normalized spacial score (nSPS) is 14.3. The van der Waals surface area contributed by atoms with E-state index >= 15 is 0 Å². The maximum absolute atomic E-state index is 12.0. The third-order valence-corrected chi connectivity index (χ3v) is 5.84. The van der Waals surface area contributed by atoms with Crippen molar-refractivity contribution in [3.05, 3.63) is 59.7 Å². The van der Waals surface area contributed by atoms with Crippen LogP contribution in [0.5, 0.6) is 0 Å². The largest absolute Gasteiger partial charge is 0.466 e. The number of hydrogen-bond acceptors (Lipinski definition) is 2. The van der Waals surface area contributed by atoms with Gasteiger partial charge in [0.05, 0.1) is 13.0 Å². The number of nitrogens with zero attached hydrogens (tertiary/aromatic N) is 1. The van der Waals surface area contributed by atoms with Gasteiger partial charge in [-0.1, -0.05) is 45.0 Å². The molecular formula is C26H31NO2. The van der Waals surface area contributed by atoms with Crippen molar-refractivity contribution < 1.29 is 9.53 Å². The first kappa shape index (κ1) is 19.8. The summed E-state index contributed by atoms with van der Waals surface area (Å²) in [6, 6.07) is 17.9. The Bertz CT molecular complexity index is 1030. The van der Waals surface area contributed by atoms with Crippen molar-refractivity contribution in [2.45, 2.75) is 64.8 Å². The topological polar surface area (TPSA) is 31.2 Å². The fourth-order valence-electron chi connectivity index (χ4n) is 4.02. The standard InChI is InChI=1S/C26H31NO2/c1-5-29-25(28)13-14-27-23-12-11-19(18-9-10-18)15-21(23)17-24(27)20-7-6-8-22(16-20)26(2,3)4/h6-8,11-12,15-18H,5,9-10,13-14H2,1-4H3. The maximum atomic E-state index is 12.0. The van der Waals surface area contributed by atoms with Gasteiger partial charge in [-0.3, -0.25) is 4.79 Å². The maximum Gasteiger partial charge on any atom is 0.307 e. The molecule has 3 aromatic rings. The number of hydrogen-bond donors (Lipinski definition) is 0. The molecule has 3 heteroatoms. The van der Waals surface area contributed by atoms with Crippen LogP contribution in [0.3, 0.4) is 0 Å². The quantitative estimate of drug-likeness (QED) is 0.454. The Balaban J connectivity index is 1.78. The van der Waals surface area contributed by atoms with E-state index in [1.54, 1.807) is 0 Å². The van der Waals surface area contributed by atoms with Crippen LogP contribution in [0.15, 0.2) is 48.5 Å². The van der Waals surface area contributed by atoms with Crippen LogP contribution in [-0.4, -0.2) is 17.1 Å². The third-order valence-electron chi connectivity index (χ3n) is 5.84. The van der Waals surface area contributed by atoms with E-state index in [0.29, 0.717) is 19.6 Å². The summed E-state index contributed by atoms with van der Waals surface area (Å²) < 4.78 is 7.45. The highest BCUT2D eigenvalue weighted by Crippen LogP contribution is 2.42. The first-order chi connectivity index (χ1) is 13.9. The summed E-state index contributed by atoms with van der Waals surface area (Å²) in [4.78, 5) is 12.0. The number of esters is 1. The first-order valence-electron chi connectivity index (χ1n) is 10.8. The number of rotatable bonds is 6. The van der Waals surface area contributed by atoms with Crippen LogP contribution in [-0.2, 0) is 21.5 Å². The average Bonchev–Trinajstić information content (AvgIpc) is 3.47. The molecular weight excluding hydrogens is 358 g/mol. The monoisotopic (exact) mass is 389 g/mol. The number of fused-ring (bicyclic) bond motifs is 1. The van der Waals surface area contributed by atoms with Crippen molar-refractivity contribution in [3.8, 4) is 11.3 Å². The van der Waals surface area contributed by atoms with Crippen LogP contribution in [0.25, 0.3) is 22.2 Å². The number of carbonyl (C=O) groups excluding carboxylic acids is 1. The van der Waals surface area contributed by atoms with Crippen LogP contribution in [0, 0.1) is 0 Å². The van der Waals surface area contributed by atoms with Crippen molar-refractivity contribution in [1.29, 1.82) is 0 Å². The lowest BCUT2D eigenvalue weighted by Crippen LogP contribution is -2.11. The van der Waals surface area contributed by atoms with Gasteiger partial charge >= 0.3 is 5.97 Å². The zero-order valence-corrected chi connectivity index (χ0v) is 18.0. The molecule has 1 saturated carbocycles. The van der Waals surface area contributed by atoms with Crippen molar-refractivity contribution in [2.75, 3.05) is 6.61 Å². The number of ether oxygens (including phenoxy) is 1. The SMILES string of the molecule is CCOC(=O)CCn1c(-c2cccc(C(C)(C)C)c2)cc2cc(C3CC3)ccc21. The van der Waals surface area contributed by atoms with Crippen molar-refractivity contribution in [3.63, 3.8) is 0 Å². The number of aromatic nitrogens is 1. The Hall–Kier alpha value is -2.55. The zero-order chi connectivity index (χ0) is 20.6. The second-order valence-electron chi connectivity index (χ2n) is 9.16. The molecule has 3 nitrogen and oxygen atoms in total. The Kier molecular flexibility index (Phi) is 5.24. The van der Waals surface area contributed by atoms with Gasteiger partial charge in [0.2, 0.25) is 0 Å². The van der Waals surface area contributed by atoms with Crippen LogP contribution in [0.2, 0.25) is 0 Å². The predicted molar refractivity (Wildman–Crippen MR) is 119 cm³/mol. The molecule has 1 aliphatic rings. The van der Waals surface area contributed by atoms with Gasteiger partial charge in [-0.2, -0.15) is 0 Å². The molecule has 0 atom stereocenters. The van der Waals surface area contributed by atoms with Crippen LogP contribution >= 0.6 is 0 Å². The Morgan fingerprint density at radius 2 is 1.90 bits per heavy atom. The summed E-state index contributed by atoms with van der Waals surface area (Å²) in [5, 5.41) is 1.26. The van der Waals surface area contributed by atoms with Crippen LogP contribution < -0.4 is 0 Å². The minimum atomic E-state index is -0.140. The lowest BCUT2D eigenvalue weighted by Gasteiger charge is -2.20. The second-order valence-corrected chi connectivity index (χ2v) is 9.16. The van der Waals surface area contributed by atoms with E-state index in [0.717, 1.165) is 5.92 Å². The van der Waals surface area contributed by atoms with Gasteiger partial charge in [-0.25, -0.2) is 0 Å². The van der Waals surface area contributed by atoms with E-state index < -0.39 is 0 Å². The van der Waals surface area contributed by atoms with Gasteiger partial charge in [-0.05, 0) is 72.1 Å². The Labute approximate surface area is 173 Å². The molecule has 1 heterocycles. The second kappa shape index (κ2) is 7.70. The highest BCUT2D eigenvalue weighted by molar-refractivity contribution is 5.88. The van der Waals surface area contributed by atoms with E-state index in [1.807, 2.05) is 6.92 Å². The predicted octanol–water partition coefficient (Wildman–Crippen LogP) is 6.44. The highest BCUT2D eigenvalue weighted by atomic mass is 16.5. The molecule has 0 saturated heterocycles. The molecule has 0 N–H and O–H groups in total. The van der Waals surface area contributed by atoms with Crippen LogP contribution in [0.1, 0.15) is 64.0 Å². The third kappa shape index (κ3) is 4.24. The summed E-state index contributed by atoms with van der Waals surface area (Å²) in [6.07, 6.45) is 2.99. The van der Waals surface area contributed by atoms with Crippen molar-refractivity contribution in [2.24, 2.45) is 0 Å². The minimum absolute atomic E-state index is 0.0942. The fraction of sp³-hybridized carbons (Fsp3) is 0.423. The summed E-state index contributed by atoms with van der Waals surface area (Å²) in [6.45, 7) is 9.63. The van der Waals surface area contributed by atoms with E-state index in [4.69, 9.17) is 4.74 Å². The van der Waals surface area contributed by atoms with Gasteiger partial charge in [-0.15, -0.1) is 0 Å². The van der Waals surface area contributed by atoms with Gasteiger partial charge in [0.25, 0.3) is 0 Å². The van der Waals surface area contributed by atoms with E-state index in [-0.39, 0.29) is 11.4 Å². The number of benzene rings is 2. The first-order valence-corrected chi connectivity index (χ1v) is 10.8. The summed E-state index contributed by atoms with van der Waals surface area (Å²) in [5.74, 6) is 0.591. The lowest BCUT2D eigenvalue weighted by atomic mass is 9.86. The Morgan fingerprint density at radius 3 is 2.59 bits per heavy atom. The van der Waals surface area contributed by atoms with Crippen molar-refractivity contribution in [1.82, 2.24) is 4.57 Å². The number of aryl methyl sites for hydroxylation is 1. The molecule has 29 heavy (non-hydrogen) atoms. The summed E-state index contributed by atoms with van der Waals surface area (Å²) in [7, 11) is 0.